The van der Waals surface area contributed by atoms with Crippen molar-refractivity contribution in [3.63, 3.8) is 0 Å². The number of piperidine rings is 1. The zero-order valence-corrected chi connectivity index (χ0v) is 15.7. The van der Waals surface area contributed by atoms with E-state index < -0.39 is 0 Å². The van der Waals surface area contributed by atoms with Gasteiger partial charge in [0, 0.05) is 37.2 Å². The Bertz CT molecular complexity index is 582. The lowest BCUT2D eigenvalue weighted by Crippen LogP contribution is -2.42. The molecule has 0 bridgehead atoms. The normalized spacial score (nSPS) is 19.3. The van der Waals surface area contributed by atoms with E-state index in [0.29, 0.717) is 30.1 Å². The van der Waals surface area contributed by atoms with E-state index in [1.165, 1.54) is 29.7 Å². The smallest absolute Gasteiger partial charge is 0.140 e. The first kappa shape index (κ1) is 17.5. The van der Waals surface area contributed by atoms with Crippen LogP contribution in [0.5, 0.6) is 0 Å². The second-order valence-electron chi connectivity index (χ2n) is 8.14. The molecule has 1 aromatic rings. The first-order chi connectivity index (χ1) is 11.5. The number of anilines is 1. The number of Topliss-reactive ketones (excluding diaryl/α,β-unsaturated/α-hetero) is 1. The molecule has 1 saturated heterocycles. The van der Waals surface area contributed by atoms with Crippen LogP contribution in [0, 0.1) is 5.92 Å². The average Bonchev–Trinajstić information content (AvgIpc) is 3.39. The third kappa shape index (κ3) is 4.00. The highest BCUT2D eigenvalue weighted by Crippen LogP contribution is 2.34. The van der Waals surface area contributed by atoms with E-state index in [9.17, 15) is 4.79 Å². The lowest BCUT2D eigenvalue weighted by atomic mass is 9.94. The quantitative estimate of drug-likeness (QED) is 0.792. The number of benzene rings is 1. The summed E-state index contributed by atoms with van der Waals surface area (Å²) in [7, 11) is 4.36. The molecule has 2 fully saturated rings. The minimum absolute atomic E-state index is 0.347. The molecule has 0 aromatic heterocycles. The van der Waals surface area contributed by atoms with E-state index in [1.54, 1.807) is 0 Å². The maximum Gasteiger partial charge on any atom is 0.140 e. The summed E-state index contributed by atoms with van der Waals surface area (Å²) in [6.07, 6.45) is 5.23. The van der Waals surface area contributed by atoms with Crippen molar-refractivity contribution >= 4 is 11.5 Å². The maximum atomic E-state index is 12.4. The van der Waals surface area contributed by atoms with E-state index in [1.807, 2.05) is 0 Å². The first-order valence-electron chi connectivity index (χ1n) is 9.52. The lowest BCUT2D eigenvalue weighted by Gasteiger charge is -2.37. The van der Waals surface area contributed by atoms with Gasteiger partial charge in [0.05, 0.1) is 0 Å². The van der Waals surface area contributed by atoms with Crippen LogP contribution in [0.2, 0.25) is 0 Å². The highest BCUT2D eigenvalue weighted by molar-refractivity contribution is 5.86. The van der Waals surface area contributed by atoms with E-state index in [0.717, 1.165) is 25.9 Å². The van der Waals surface area contributed by atoms with Crippen molar-refractivity contribution in [1.82, 2.24) is 4.90 Å². The maximum absolute atomic E-state index is 12.4. The van der Waals surface area contributed by atoms with Crippen molar-refractivity contribution in [2.75, 3.05) is 32.1 Å². The molecule has 0 amide bonds. The van der Waals surface area contributed by atoms with Crippen LogP contribution in [-0.4, -0.2) is 43.9 Å². The highest BCUT2D eigenvalue weighted by Gasteiger charge is 2.30. The Kier molecular flexibility index (Phi) is 5.29. The number of rotatable bonds is 6. The summed E-state index contributed by atoms with van der Waals surface area (Å²) >= 11 is 0. The molecule has 1 heterocycles. The van der Waals surface area contributed by atoms with Crippen molar-refractivity contribution in [3.8, 4) is 0 Å². The van der Waals surface area contributed by atoms with Gasteiger partial charge in [-0.3, -0.25) is 4.79 Å². The topological polar surface area (TPSA) is 23.6 Å². The largest absolute Gasteiger partial charge is 0.371 e. The molecule has 0 N–H and O–H groups in total. The monoisotopic (exact) mass is 328 g/mol. The number of nitrogens with zero attached hydrogens (tertiary/aromatic N) is 2. The van der Waals surface area contributed by atoms with E-state index >= 15 is 0 Å². The molecule has 132 valence electrons. The SMILES string of the molecule is CC(C)c1ccc(N2CCC(N(C)C)CC2)c(CC(=O)C2CC2)c1. The van der Waals surface area contributed by atoms with Crippen LogP contribution in [0.4, 0.5) is 5.69 Å². The second kappa shape index (κ2) is 7.26. The van der Waals surface area contributed by atoms with Crippen LogP contribution in [0.3, 0.4) is 0 Å². The Hall–Kier alpha value is -1.35. The number of carbonyl (C=O) groups is 1. The van der Waals surface area contributed by atoms with Crippen LogP contribution in [0.1, 0.15) is 56.6 Å². The van der Waals surface area contributed by atoms with E-state index in [-0.39, 0.29) is 0 Å². The van der Waals surface area contributed by atoms with Gasteiger partial charge in [-0.1, -0.05) is 26.0 Å². The summed E-state index contributed by atoms with van der Waals surface area (Å²) < 4.78 is 0. The zero-order chi connectivity index (χ0) is 17.3. The molecule has 1 aliphatic heterocycles. The minimum Gasteiger partial charge on any atom is -0.371 e. The Balaban J connectivity index is 1.79. The van der Waals surface area contributed by atoms with Gasteiger partial charge in [-0.25, -0.2) is 0 Å². The molecule has 24 heavy (non-hydrogen) atoms. The lowest BCUT2D eigenvalue weighted by molar-refractivity contribution is -0.119. The van der Waals surface area contributed by atoms with Gasteiger partial charge in [0.15, 0.2) is 0 Å². The van der Waals surface area contributed by atoms with E-state index in [4.69, 9.17) is 0 Å². The standard InChI is InChI=1S/C21H32N2O/c1-15(2)17-7-8-20(18(13-17)14-21(24)16-5-6-16)23-11-9-19(10-12-23)22(3)4/h7-8,13,15-16,19H,5-6,9-12,14H2,1-4H3. The first-order valence-corrected chi connectivity index (χ1v) is 9.52. The van der Waals surface area contributed by atoms with Crippen molar-refractivity contribution < 1.29 is 4.79 Å². The van der Waals surface area contributed by atoms with Gasteiger partial charge < -0.3 is 9.80 Å². The molecular weight excluding hydrogens is 296 g/mol. The predicted molar refractivity (Wildman–Crippen MR) is 101 cm³/mol. The van der Waals surface area contributed by atoms with Gasteiger partial charge in [0.2, 0.25) is 0 Å². The summed E-state index contributed by atoms with van der Waals surface area (Å²) in [6.45, 7) is 6.64. The molecule has 1 saturated carbocycles. The molecular formula is C21H32N2O. The third-order valence-electron chi connectivity index (χ3n) is 5.70. The fraction of sp³-hybridized carbons (Fsp3) is 0.667. The Morgan fingerprint density at radius 3 is 2.38 bits per heavy atom. The number of hydrogen-bond acceptors (Lipinski definition) is 3. The van der Waals surface area contributed by atoms with Crippen LogP contribution < -0.4 is 4.90 Å². The molecule has 3 heteroatoms. The molecule has 0 atom stereocenters. The number of ketones is 1. The van der Waals surface area contributed by atoms with Gasteiger partial charge in [-0.05, 0) is 62.9 Å². The van der Waals surface area contributed by atoms with Gasteiger partial charge in [-0.15, -0.1) is 0 Å². The number of carbonyl (C=O) groups excluding carboxylic acids is 1. The van der Waals surface area contributed by atoms with Gasteiger partial charge in [0.25, 0.3) is 0 Å². The van der Waals surface area contributed by atoms with Crippen LogP contribution in [0.15, 0.2) is 18.2 Å². The van der Waals surface area contributed by atoms with Crippen molar-refractivity contribution in [2.24, 2.45) is 5.92 Å². The second-order valence-corrected chi connectivity index (χ2v) is 8.14. The molecule has 3 nitrogen and oxygen atoms in total. The van der Waals surface area contributed by atoms with Crippen molar-refractivity contribution in [2.45, 2.75) is 57.9 Å². The molecule has 1 aromatic carbocycles. The molecule has 0 unspecified atom stereocenters. The fourth-order valence-electron chi connectivity index (χ4n) is 3.78. The molecule has 2 aliphatic rings. The summed E-state index contributed by atoms with van der Waals surface area (Å²) in [5.74, 6) is 1.30. The Morgan fingerprint density at radius 2 is 1.83 bits per heavy atom. The Labute approximate surface area is 147 Å². The Morgan fingerprint density at radius 1 is 1.17 bits per heavy atom. The van der Waals surface area contributed by atoms with E-state index in [2.05, 4.69) is 55.9 Å². The molecule has 3 rings (SSSR count). The minimum atomic E-state index is 0.347. The van der Waals surface area contributed by atoms with Crippen molar-refractivity contribution in [3.05, 3.63) is 29.3 Å². The van der Waals surface area contributed by atoms with Crippen molar-refractivity contribution in [1.29, 1.82) is 0 Å². The summed E-state index contributed by atoms with van der Waals surface area (Å²) in [5, 5.41) is 0. The summed E-state index contributed by atoms with van der Waals surface area (Å²) in [4.78, 5) is 17.3. The average molecular weight is 329 g/mol. The molecule has 1 aliphatic carbocycles. The zero-order valence-electron chi connectivity index (χ0n) is 15.7. The number of hydrogen-bond donors (Lipinski definition) is 0. The summed E-state index contributed by atoms with van der Waals surface area (Å²) in [5.41, 5.74) is 3.90. The van der Waals surface area contributed by atoms with Crippen LogP contribution in [0.25, 0.3) is 0 Å². The van der Waals surface area contributed by atoms with Crippen LogP contribution in [-0.2, 0) is 11.2 Å². The summed E-state index contributed by atoms with van der Waals surface area (Å²) in [6, 6.07) is 7.50. The third-order valence-corrected chi connectivity index (χ3v) is 5.70. The molecule has 0 spiro atoms. The highest BCUT2D eigenvalue weighted by atomic mass is 16.1. The fourth-order valence-corrected chi connectivity index (χ4v) is 3.78. The van der Waals surface area contributed by atoms with Gasteiger partial charge in [-0.2, -0.15) is 0 Å². The molecule has 0 radical (unpaired) electrons. The van der Waals surface area contributed by atoms with Gasteiger partial charge in [0.1, 0.15) is 5.78 Å². The van der Waals surface area contributed by atoms with Gasteiger partial charge >= 0.3 is 0 Å². The van der Waals surface area contributed by atoms with Crippen LogP contribution >= 0.6 is 0 Å². The predicted octanol–water partition coefficient (Wildman–Crippen LogP) is 3.86.